The van der Waals surface area contributed by atoms with Gasteiger partial charge in [-0.3, -0.25) is 9.69 Å². The Hall–Kier alpha value is -2.08. The fourth-order valence-electron chi connectivity index (χ4n) is 1.52. The van der Waals surface area contributed by atoms with Gasteiger partial charge < -0.3 is 15.2 Å². The Morgan fingerprint density at radius 2 is 2.00 bits per heavy atom. The van der Waals surface area contributed by atoms with E-state index in [1.54, 1.807) is 7.05 Å². The van der Waals surface area contributed by atoms with Crippen molar-refractivity contribution in [3.63, 3.8) is 0 Å². The van der Waals surface area contributed by atoms with Crippen LogP contribution in [0.15, 0.2) is 30.3 Å². The quantitative estimate of drug-likeness (QED) is 0.814. The first kappa shape index (κ1) is 15.0. The van der Waals surface area contributed by atoms with Crippen LogP contribution in [0.2, 0.25) is 0 Å². The van der Waals surface area contributed by atoms with Gasteiger partial charge in [0, 0.05) is 26.4 Å². The van der Waals surface area contributed by atoms with Gasteiger partial charge in [-0.2, -0.15) is 0 Å². The average Bonchev–Trinajstić information content (AvgIpc) is 2.42. The molecule has 0 spiro atoms. The molecule has 2 N–H and O–H groups in total. The van der Waals surface area contributed by atoms with Gasteiger partial charge in [0.15, 0.2) is 0 Å². The predicted octanol–water partition coefficient (Wildman–Crippen LogP) is 1.32. The van der Waals surface area contributed by atoms with Gasteiger partial charge in [0.2, 0.25) is 0 Å². The molecule has 0 aliphatic rings. The van der Waals surface area contributed by atoms with Crippen LogP contribution in [0, 0.1) is 0 Å². The number of methoxy groups -OCH3 is 1. The number of urea groups is 1. The molecule has 0 fully saturated rings. The van der Waals surface area contributed by atoms with Crippen LogP contribution in [0.4, 0.5) is 10.5 Å². The molecule has 1 unspecified atom stereocenters. The number of carbonyl (C=O) groups is 2. The number of ether oxygens (including phenoxy) is 1. The lowest BCUT2D eigenvalue weighted by Crippen LogP contribution is -2.42. The third-order valence-electron chi connectivity index (χ3n) is 2.66. The van der Waals surface area contributed by atoms with Gasteiger partial charge >= 0.3 is 12.0 Å². The minimum Gasteiger partial charge on any atom is -0.481 e. The molecule has 0 bridgehead atoms. The molecule has 0 saturated carbocycles. The van der Waals surface area contributed by atoms with Crippen molar-refractivity contribution >= 4 is 17.7 Å². The van der Waals surface area contributed by atoms with Crippen molar-refractivity contribution in [2.24, 2.45) is 0 Å². The van der Waals surface area contributed by atoms with Gasteiger partial charge in [-0.15, -0.1) is 0 Å². The van der Waals surface area contributed by atoms with Crippen molar-refractivity contribution in [1.29, 1.82) is 0 Å². The summed E-state index contributed by atoms with van der Waals surface area (Å²) in [7, 11) is 3.06. The van der Waals surface area contributed by atoms with Crippen molar-refractivity contribution in [3.05, 3.63) is 30.3 Å². The molecular weight excluding hydrogens is 248 g/mol. The predicted molar refractivity (Wildman–Crippen MR) is 71.3 cm³/mol. The lowest BCUT2D eigenvalue weighted by molar-refractivity contribution is -0.139. The van der Waals surface area contributed by atoms with E-state index in [2.05, 4.69) is 5.32 Å². The number of carboxylic acid groups (broad SMARTS) is 1. The van der Waals surface area contributed by atoms with E-state index >= 15 is 0 Å². The Kier molecular flexibility index (Phi) is 5.81. The highest BCUT2D eigenvalue weighted by molar-refractivity contribution is 5.91. The molecule has 0 aliphatic heterocycles. The number of carboxylic acids is 1. The maximum atomic E-state index is 11.9. The molecule has 1 aromatic rings. The molecule has 0 aliphatic carbocycles. The fraction of sp³-hybridized carbons (Fsp3) is 0.385. The first-order valence-electron chi connectivity index (χ1n) is 5.85. The molecular formula is C13H18N2O4. The van der Waals surface area contributed by atoms with E-state index in [0.29, 0.717) is 0 Å². The number of carbonyl (C=O) groups excluding carboxylic acids is 1. The summed E-state index contributed by atoms with van der Waals surface area (Å²) < 4.78 is 4.98. The number of rotatable bonds is 6. The first-order chi connectivity index (χ1) is 9.04. The summed E-state index contributed by atoms with van der Waals surface area (Å²) in [5.41, 5.74) is 0.757. The fourth-order valence-corrected chi connectivity index (χ4v) is 1.52. The topological polar surface area (TPSA) is 78.9 Å². The number of hydrogen-bond acceptors (Lipinski definition) is 3. The maximum absolute atomic E-state index is 11.9. The van der Waals surface area contributed by atoms with Gasteiger partial charge in [0.1, 0.15) is 0 Å². The van der Waals surface area contributed by atoms with Crippen molar-refractivity contribution in [3.8, 4) is 0 Å². The Morgan fingerprint density at radius 1 is 1.37 bits per heavy atom. The average molecular weight is 266 g/mol. The molecule has 2 amide bonds. The van der Waals surface area contributed by atoms with Crippen LogP contribution < -0.4 is 10.2 Å². The molecule has 19 heavy (non-hydrogen) atoms. The van der Waals surface area contributed by atoms with Crippen molar-refractivity contribution in [1.82, 2.24) is 5.32 Å². The summed E-state index contributed by atoms with van der Waals surface area (Å²) in [5.74, 6) is -0.961. The van der Waals surface area contributed by atoms with E-state index in [1.807, 2.05) is 30.3 Å². The number of hydrogen-bond donors (Lipinski definition) is 2. The van der Waals surface area contributed by atoms with Gasteiger partial charge in [-0.1, -0.05) is 18.2 Å². The number of para-hydroxylation sites is 1. The zero-order valence-electron chi connectivity index (χ0n) is 11.0. The number of aliphatic carboxylic acids is 1. The second-order valence-corrected chi connectivity index (χ2v) is 4.04. The van der Waals surface area contributed by atoms with Crippen LogP contribution in [0.3, 0.4) is 0 Å². The van der Waals surface area contributed by atoms with E-state index in [1.165, 1.54) is 12.0 Å². The standard InChI is InChI=1S/C13H18N2O4/c1-15(10-6-4-3-5-7-10)13(18)14-9-11(19-2)8-12(16)17/h3-7,11H,8-9H2,1-2H3,(H,14,18)(H,16,17). The summed E-state index contributed by atoms with van der Waals surface area (Å²) in [6.45, 7) is 0.152. The highest BCUT2D eigenvalue weighted by Gasteiger charge is 2.15. The Bertz CT molecular complexity index is 422. The maximum Gasteiger partial charge on any atom is 0.321 e. The Labute approximate surface area is 112 Å². The lowest BCUT2D eigenvalue weighted by atomic mass is 10.2. The molecule has 0 aromatic heterocycles. The molecule has 0 saturated heterocycles. The van der Waals surface area contributed by atoms with E-state index in [4.69, 9.17) is 9.84 Å². The smallest absolute Gasteiger partial charge is 0.321 e. The van der Waals surface area contributed by atoms with Crippen LogP contribution in [-0.4, -0.2) is 43.9 Å². The largest absolute Gasteiger partial charge is 0.481 e. The zero-order chi connectivity index (χ0) is 14.3. The third kappa shape index (κ3) is 4.97. The molecule has 0 heterocycles. The number of nitrogens with zero attached hydrogens (tertiary/aromatic N) is 1. The lowest BCUT2D eigenvalue weighted by Gasteiger charge is -2.20. The van der Waals surface area contributed by atoms with Crippen LogP contribution in [0.25, 0.3) is 0 Å². The summed E-state index contributed by atoms with van der Waals surface area (Å²) in [5, 5.41) is 11.3. The molecule has 1 atom stereocenters. The van der Waals surface area contributed by atoms with E-state index in [0.717, 1.165) is 5.69 Å². The summed E-state index contributed by atoms with van der Waals surface area (Å²) in [6, 6.07) is 8.85. The van der Waals surface area contributed by atoms with Gasteiger partial charge in [0.25, 0.3) is 0 Å². The molecule has 6 nitrogen and oxygen atoms in total. The molecule has 1 rings (SSSR count). The number of benzene rings is 1. The second kappa shape index (κ2) is 7.38. The van der Waals surface area contributed by atoms with Crippen molar-refractivity contribution < 1.29 is 19.4 Å². The minimum atomic E-state index is -0.961. The van der Waals surface area contributed by atoms with E-state index in [-0.39, 0.29) is 19.0 Å². The molecule has 6 heteroatoms. The molecule has 104 valence electrons. The monoisotopic (exact) mass is 266 g/mol. The zero-order valence-corrected chi connectivity index (χ0v) is 11.0. The Morgan fingerprint density at radius 3 is 2.53 bits per heavy atom. The van der Waals surface area contributed by atoms with Crippen molar-refractivity contribution in [2.45, 2.75) is 12.5 Å². The Balaban J connectivity index is 2.48. The number of amides is 2. The van der Waals surface area contributed by atoms with Gasteiger partial charge in [-0.25, -0.2) is 4.79 Å². The van der Waals surface area contributed by atoms with Crippen LogP contribution in [0.1, 0.15) is 6.42 Å². The van der Waals surface area contributed by atoms with Crippen LogP contribution in [-0.2, 0) is 9.53 Å². The van der Waals surface area contributed by atoms with Gasteiger partial charge in [-0.05, 0) is 12.1 Å². The van der Waals surface area contributed by atoms with Crippen LogP contribution in [0.5, 0.6) is 0 Å². The van der Waals surface area contributed by atoms with E-state index < -0.39 is 12.1 Å². The summed E-state index contributed by atoms with van der Waals surface area (Å²) >= 11 is 0. The van der Waals surface area contributed by atoms with E-state index in [9.17, 15) is 9.59 Å². The van der Waals surface area contributed by atoms with Crippen molar-refractivity contribution in [2.75, 3.05) is 25.6 Å². The highest BCUT2D eigenvalue weighted by Crippen LogP contribution is 2.10. The number of anilines is 1. The second-order valence-electron chi connectivity index (χ2n) is 4.04. The first-order valence-corrected chi connectivity index (χ1v) is 5.85. The SMILES string of the molecule is COC(CNC(=O)N(C)c1ccccc1)CC(=O)O. The summed E-state index contributed by atoms with van der Waals surface area (Å²) in [4.78, 5) is 23.9. The van der Waals surface area contributed by atoms with Crippen LogP contribution >= 0.6 is 0 Å². The minimum absolute atomic E-state index is 0.147. The molecule has 0 radical (unpaired) electrons. The highest BCUT2D eigenvalue weighted by atomic mass is 16.5. The summed E-state index contributed by atoms with van der Waals surface area (Å²) in [6.07, 6.45) is -0.683. The third-order valence-corrected chi connectivity index (χ3v) is 2.66. The molecule has 1 aromatic carbocycles. The van der Waals surface area contributed by atoms with Gasteiger partial charge in [0.05, 0.1) is 12.5 Å². The normalized spacial score (nSPS) is 11.7. The number of nitrogens with one attached hydrogen (secondary N) is 1.